The monoisotopic (exact) mass is 434 g/mol. The molecule has 3 N–H and O–H groups in total. The lowest BCUT2D eigenvalue weighted by molar-refractivity contribution is 0.0955. The van der Waals surface area contributed by atoms with Crippen LogP contribution in [0.1, 0.15) is 15.9 Å². The van der Waals surface area contributed by atoms with Crippen LogP contribution in [-0.4, -0.2) is 27.2 Å². The maximum absolute atomic E-state index is 12.4. The maximum atomic E-state index is 12.4. The van der Waals surface area contributed by atoms with E-state index in [0.29, 0.717) is 28.0 Å². The van der Waals surface area contributed by atoms with Gasteiger partial charge in [0.2, 0.25) is 0 Å². The van der Waals surface area contributed by atoms with E-state index in [-0.39, 0.29) is 11.7 Å². The van der Waals surface area contributed by atoms with E-state index in [1.54, 1.807) is 42.6 Å². The van der Waals surface area contributed by atoms with Gasteiger partial charge >= 0.3 is 0 Å². The average Bonchev–Trinajstić information content (AvgIpc) is 3.12. The zero-order valence-electron chi connectivity index (χ0n) is 14.6. The Bertz CT molecular complexity index is 1180. The van der Waals surface area contributed by atoms with E-state index in [9.17, 15) is 9.90 Å². The molecule has 1 heterocycles. The van der Waals surface area contributed by atoms with Crippen molar-refractivity contribution in [3.63, 3.8) is 0 Å². The first kappa shape index (κ1) is 17.9. The number of rotatable bonds is 4. The van der Waals surface area contributed by atoms with Crippen molar-refractivity contribution in [2.24, 2.45) is 5.10 Å². The first-order valence-corrected chi connectivity index (χ1v) is 9.26. The second-order valence-corrected chi connectivity index (χ2v) is 7.00. The highest BCUT2D eigenvalue weighted by Gasteiger charge is 2.11. The highest BCUT2D eigenvalue weighted by molar-refractivity contribution is 9.10. The van der Waals surface area contributed by atoms with Gasteiger partial charge in [-0.15, -0.1) is 0 Å². The van der Waals surface area contributed by atoms with Crippen LogP contribution in [0.4, 0.5) is 0 Å². The van der Waals surface area contributed by atoms with Gasteiger partial charge < -0.3 is 10.1 Å². The molecular formula is C21H15BrN4O2. The number of imidazole rings is 1. The van der Waals surface area contributed by atoms with Gasteiger partial charge in [0.05, 0.1) is 22.8 Å². The molecule has 0 spiro atoms. The van der Waals surface area contributed by atoms with Gasteiger partial charge in [0.1, 0.15) is 11.6 Å². The molecular weight excluding hydrogens is 420 g/mol. The van der Waals surface area contributed by atoms with Crippen LogP contribution in [0.15, 0.2) is 76.3 Å². The average molecular weight is 435 g/mol. The number of aromatic nitrogens is 2. The number of fused-ring (bicyclic) bond motifs is 1. The standard InChI is InChI=1S/C21H15BrN4O2/c22-15-8-5-13(6-9-15)12-23-26-21(28)14-7-10-17-18(11-14)25-20(24-17)16-3-1-2-4-19(16)27/h1-12,27H,(H,24,25)(H,26,28)/b23-12+. The summed E-state index contributed by atoms with van der Waals surface area (Å²) in [5, 5.41) is 14.0. The van der Waals surface area contributed by atoms with Crippen molar-refractivity contribution in [1.29, 1.82) is 0 Å². The Labute approximate surface area is 169 Å². The third-order valence-corrected chi connectivity index (χ3v) is 4.68. The van der Waals surface area contributed by atoms with Crippen molar-refractivity contribution < 1.29 is 9.90 Å². The summed E-state index contributed by atoms with van der Waals surface area (Å²) in [5.41, 5.74) is 5.85. The highest BCUT2D eigenvalue weighted by Crippen LogP contribution is 2.28. The largest absolute Gasteiger partial charge is 0.507 e. The van der Waals surface area contributed by atoms with E-state index < -0.39 is 0 Å². The number of hydrazone groups is 1. The van der Waals surface area contributed by atoms with Gasteiger partial charge in [-0.1, -0.05) is 40.2 Å². The Balaban J connectivity index is 1.53. The van der Waals surface area contributed by atoms with Gasteiger partial charge in [0.25, 0.3) is 5.91 Å². The summed E-state index contributed by atoms with van der Waals surface area (Å²) in [5.74, 6) is 0.356. The minimum atomic E-state index is -0.325. The lowest BCUT2D eigenvalue weighted by Gasteiger charge is -2.00. The van der Waals surface area contributed by atoms with Crippen LogP contribution in [-0.2, 0) is 0 Å². The van der Waals surface area contributed by atoms with Crippen LogP contribution in [0.2, 0.25) is 0 Å². The van der Waals surface area contributed by atoms with Crippen molar-refractivity contribution >= 4 is 39.1 Å². The topological polar surface area (TPSA) is 90.4 Å². The summed E-state index contributed by atoms with van der Waals surface area (Å²) in [4.78, 5) is 20.0. The van der Waals surface area contributed by atoms with Crippen molar-refractivity contribution in [3.8, 4) is 17.1 Å². The number of aromatic hydroxyl groups is 1. The molecule has 0 saturated carbocycles. The Kier molecular flexibility index (Phi) is 4.90. The van der Waals surface area contributed by atoms with Gasteiger partial charge in [-0.2, -0.15) is 5.10 Å². The summed E-state index contributed by atoms with van der Waals surface area (Å²) >= 11 is 3.37. The van der Waals surface area contributed by atoms with Crippen molar-refractivity contribution in [2.75, 3.05) is 0 Å². The number of H-pyrrole nitrogens is 1. The van der Waals surface area contributed by atoms with E-state index >= 15 is 0 Å². The van der Waals surface area contributed by atoms with Crippen molar-refractivity contribution in [3.05, 3.63) is 82.3 Å². The van der Waals surface area contributed by atoms with Crippen LogP contribution >= 0.6 is 15.9 Å². The fourth-order valence-electron chi connectivity index (χ4n) is 2.73. The number of halogens is 1. The molecule has 0 aliphatic rings. The maximum Gasteiger partial charge on any atom is 0.271 e. The van der Waals surface area contributed by atoms with Crippen LogP contribution in [0.5, 0.6) is 5.75 Å². The molecule has 0 bridgehead atoms. The normalized spacial score (nSPS) is 11.2. The second kappa shape index (κ2) is 7.66. The van der Waals surface area contributed by atoms with E-state index in [4.69, 9.17) is 0 Å². The molecule has 28 heavy (non-hydrogen) atoms. The number of amides is 1. The number of para-hydroxylation sites is 1. The van der Waals surface area contributed by atoms with Crippen LogP contribution in [0.3, 0.4) is 0 Å². The third-order valence-electron chi connectivity index (χ3n) is 4.15. The molecule has 3 aromatic carbocycles. The lowest BCUT2D eigenvalue weighted by Crippen LogP contribution is -2.17. The minimum absolute atomic E-state index is 0.141. The molecule has 0 atom stereocenters. The molecule has 6 nitrogen and oxygen atoms in total. The summed E-state index contributed by atoms with van der Waals surface area (Å²) in [6, 6.07) is 19.7. The number of benzene rings is 3. The van der Waals surface area contributed by atoms with Crippen LogP contribution in [0, 0.1) is 0 Å². The van der Waals surface area contributed by atoms with E-state index in [2.05, 4.69) is 36.4 Å². The Morgan fingerprint density at radius 1 is 1.11 bits per heavy atom. The van der Waals surface area contributed by atoms with Gasteiger partial charge in [0, 0.05) is 10.0 Å². The minimum Gasteiger partial charge on any atom is -0.507 e. The lowest BCUT2D eigenvalue weighted by atomic mass is 10.2. The highest BCUT2D eigenvalue weighted by atomic mass is 79.9. The van der Waals surface area contributed by atoms with E-state index in [1.807, 2.05) is 30.3 Å². The zero-order chi connectivity index (χ0) is 19.5. The number of phenolic OH excluding ortho intramolecular Hbond substituents is 1. The quantitative estimate of drug-likeness (QED) is 0.327. The van der Waals surface area contributed by atoms with Gasteiger partial charge in [-0.05, 0) is 48.0 Å². The summed E-state index contributed by atoms with van der Waals surface area (Å²) in [7, 11) is 0. The fourth-order valence-corrected chi connectivity index (χ4v) is 3.00. The summed E-state index contributed by atoms with van der Waals surface area (Å²) < 4.78 is 0.977. The summed E-state index contributed by atoms with van der Waals surface area (Å²) in [6.07, 6.45) is 1.58. The van der Waals surface area contributed by atoms with Gasteiger partial charge in [-0.25, -0.2) is 10.4 Å². The number of hydrogen-bond donors (Lipinski definition) is 3. The van der Waals surface area contributed by atoms with Crippen LogP contribution in [0.25, 0.3) is 22.4 Å². The predicted molar refractivity (Wildman–Crippen MR) is 112 cm³/mol. The second-order valence-electron chi connectivity index (χ2n) is 6.09. The Morgan fingerprint density at radius 2 is 1.89 bits per heavy atom. The molecule has 138 valence electrons. The fraction of sp³-hybridized carbons (Fsp3) is 0. The number of nitrogens with one attached hydrogen (secondary N) is 2. The molecule has 4 aromatic rings. The molecule has 4 rings (SSSR count). The number of carbonyl (C=O) groups is 1. The molecule has 0 saturated heterocycles. The summed E-state index contributed by atoms with van der Waals surface area (Å²) in [6.45, 7) is 0. The molecule has 0 aliphatic carbocycles. The van der Waals surface area contributed by atoms with E-state index in [1.165, 1.54) is 0 Å². The molecule has 1 aromatic heterocycles. The Morgan fingerprint density at radius 3 is 2.68 bits per heavy atom. The Hall–Kier alpha value is -3.45. The molecule has 0 radical (unpaired) electrons. The molecule has 0 aliphatic heterocycles. The number of nitrogens with zero attached hydrogens (tertiary/aromatic N) is 2. The third kappa shape index (κ3) is 3.79. The number of aromatic amines is 1. The smallest absolute Gasteiger partial charge is 0.271 e. The van der Waals surface area contributed by atoms with E-state index in [0.717, 1.165) is 10.0 Å². The number of phenols is 1. The molecule has 1 amide bonds. The van der Waals surface area contributed by atoms with Gasteiger partial charge in [0.15, 0.2) is 0 Å². The van der Waals surface area contributed by atoms with Crippen molar-refractivity contribution in [2.45, 2.75) is 0 Å². The zero-order valence-corrected chi connectivity index (χ0v) is 16.1. The molecule has 0 fully saturated rings. The van der Waals surface area contributed by atoms with Crippen LogP contribution < -0.4 is 5.43 Å². The molecule has 7 heteroatoms. The van der Waals surface area contributed by atoms with Crippen molar-refractivity contribution in [1.82, 2.24) is 15.4 Å². The number of carbonyl (C=O) groups excluding carboxylic acids is 1. The predicted octanol–water partition coefficient (Wildman–Crippen LogP) is 4.46. The van der Waals surface area contributed by atoms with Gasteiger partial charge in [-0.3, -0.25) is 4.79 Å². The number of hydrogen-bond acceptors (Lipinski definition) is 4. The SMILES string of the molecule is O=C(N/N=C/c1ccc(Br)cc1)c1ccc2nc(-c3ccccc3O)[nH]c2c1. The molecule has 0 unspecified atom stereocenters. The first-order valence-electron chi connectivity index (χ1n) is 8.47. The first-order chi connectivity index (χ1) is 13.6.